The molecule has 2 heterocycles. The number of pyridine rings is 1. The van der Waals surface area contributed by atoms with Gasteiger partial charge in [-0.2, -0.15) is 0 Å². The average molecular weight is 270 g/mol. The normalized spacial score (nSPS) is 16.4. The van der Waals surface area contributed by atoms with Crippen LogP contribution in [-0.2, 0) is 0 Å². The quantitative estimate of drug-likeness (QED) is 0.862. The Bertz CT molecular complexity index is 615. The number of piperazine rings is 1. The van der Waals surface area contributed by atoms with Crippen molar-refractivity contribution < 1.29 is 4.79 Å². The van der Waals surface area contributed by atoms with E-state index in [9.17, 15) is 4.79 Å². The van der Waals surface area contributed by atoms with Gasteiger partial charge >= 0.3 is 6.03 Å². The van der Waals surface area contributed by atoms with Gasteiger partial charge in [0.1, 0.15) is 0 Å². The standard InChI is InChI=1S/C15H18N4O/c1-18-8-10-19(11-9-18)15(20)17-13-6-2-4-12-5-3-7-16-14(12)13/h2-7H,8-11H2,1H3,(H,17,20). The number of amides is 2. The summed E-state index contributed by atoms with van der Waals surface area (Å²) in [5.41, 5.74) is 1.60. The van der Waals surface area contributed by atoms with E-state index in [1.54, 1.807) is 6.20 Å². The second-order valence-corrected chi connectivity index (χ2v) is 5.10. The molecule has 0 bridgehead atoms. The summed E-state index contributed by atoms with van der Waals surface area (Å²) in [6, 6.07) is 9.67. The highest BCUT2D eigenvalue weighted by molar-refractivity contribution is 5.99. The zero-order chi connectivity index (χ0) is 13.9. The molecule has 0 unspecified atom stereocenters. The number of nitrogens with one attached hydrogen (secondary N) is 1. The number of hydrogen-bond acceptors (Lipinski definition) is 3. The Morgan fingerprint density at radius 1 is 1.15 bits per heavy atom. The highest BCUT2D eigenvalue weighted by atomic mass is 16.2. The molecule has 0 radical (unpaired) electrons. The summed E-state index contributed by atoms with van der Waals surface area (Å²) < 4.78 is 0. The predicted molar refractivity (Wildman–Crippen MR) is 79.8 cm³/mol. The third-order valence-corrected chi connectivity index (χ3v) is 3.66. The molecule has 1 aromatic carbocycles. The zero-order valence-corrected chi connectivity index (χ0v) is 11.5. The van der Waals surface area contributed by atoms with E-state index in [0.717, 1.165) is 42.8 Å². The van der Waals surface area contributed by atoms with E-state index in [1.165, 1.54) is 0 Å². The lowest BCUT2D eigenvalue weighted by Crippen LogP contribution is -2.48. The maximum Gasteiger partial charge on any atom is 0.321 e. The Kier molecular flexibility index (Phi) is 3.52. The number of benzene rings is 1. The smallest absolute Gasteiger partial charge is 0.321 e. The molecule has 3 rings (SSSR count). The van der Waals surface area contributed by atoms with Crippen molar-refractivity contribution in [2.45, 2.75) is 0 Å². The van der Waals surface area contributed by atoms with Crippen LogP contribution in [0.1, 0.15) is 0 Å². The van der Waals surface area contributed by atoms with Crippen molar-refractivity contribution in [3.05, 3.63) is 36.5 Å². The van der Waals surface area contributed by atoms with Crippen molar-refractivity contribution >= 4 is 22.6 Å². The molecule has 5 nitrogen and oxygen atoms in total. The number of urea groups is 1. The fraction of sp³-hybridized carbons (Fsp3) is 0.333. The summed E-state index contributed by atoms with van der Waals surface area (Å²) in [7, 11) is 2.07. The van der Waals surface area contributed by atoms with Crippen LogP contribution in [0, 0.1) is 0 Å². The second kappa shape index (κ2) is 5.46. The first-order valence-corrected chi connectivity index (χ1v) is 6.82. The van der Waals surface area contributed by atoms with Crippen LogP contribution in [0.5, 0.6) is 0 Å². The van der Waals surface area contributed by atoms with E-state index in [4.69, 9.17) is 0 Å². The van der Waals surface area contributed by atoms with Gasteiger partial charge in [-0.3, -0.25) is 4.98 Å². The minimum Gasteiger partial charge on any atom is -0.322 e. The molecule has 104 valence electrons. The van der Waals surface area contributed by atoms with Gasteiger partial charge in [-0.05, 0) is 19.2 Å². The van der Waals surface area contributed by atoms with Gasteiger partial charge in [-0.15, -0.1) is 0 Å². The topological polar surface area (TPSA) is 48.5 Å². The summed E-state index contributed by atoms with van der Waals surface area (Å²) in [6.07, 6.45) is 1.74. The van der Waals surface area contributed by atoms with Gasteiger partial charge in [0.2, 0.25) is 0 Å². The number of para-hydroxylation sites is 1. The summed E-state index contributed by atoms with van der Waals surface area (Å²) in [4.78, 5) is 20.7. The monoisotopic (exact) mass is 270 g/mol. The van der Waals surface area contributed by atoms with Gasteiger partial charge in [0.05, 0.1) is 11.2 Å². The highest BCUT2D eigenvalue weighted by Crippen LogP contribution is 2.21. The molecule has 0 saturated carbocycles. The van der Waals surface area contributed by atoms with Crippen molar-refractivity contribution in [1.82, 2.24) is 14.8 Å². The van der Waals surface area contributed by atoms with Crippen molar-refractivity contribution in [1.29, 1.82) is 0 Å². The minimum atomic E-state index is -0.0451. The number of rotatable bonds is 1. The molecule has 0 spiro atoms. The number of aromatic nitrogens is 1. The average Bonchev–Trinajstić information content (AvgIpc) is 2.48. The molecule has 1 aliphatic rings. The maximum absolute atomic E-state index is 12.3. The molecular weight excluding hydrogens is 252 g/mol. The third-order valence-electron chi connectivity index (χ3n) is 3.66. The van der Waals surface area contributed by atoms with Crippen LogP contribution < -0.4 is 5.32 Å². The van der Waals surface area contributed by atoms with Crippen molar-refractivity contribution in [2.24, 2.45) is 0 Å². The van der Waals surface area contributed by atoms with Gasteiger partial charge in [0.25, 0.3) is 0 Å². The van der Waals surface area contributed by atoms with Gasteiger partial charge in [0.15, 0.2) is 0 Å². The van der Waals surface area contributed by atoms with Crippen LogP contribution in [0.25, 0.3) is 10.9 Å². The predicted octanol–water partition coefficient (Wildman–Crippen LogP) is 2.01. The first kappa shape index (κ1) is 12.9. The van der Waals surface area contributed by atoms with E-state index in [-0.39, 0.29) is 6.03 Å². The molecule has 20 heavy (non-hydrogen) atoms. The number of carbonyl (C=O) groups excluding carboxylic acids is 1. The molecule has 5 heteroatoms. The number of hydrogen-bond donors (Lipinski definition) is 1. The van der Waals surface area contributed by atoms with E-state index < -0.39 is 0 Å². The van der Waals surface area contributed by atoms with Crippen LogP contribution in [0.2, 0.25) is 0 Å². The molecule has 0 atom stereocenters. The largest absolute Gasteiger partial charge is 0.322 e. The van der Waals surface area contributed by atoms with Gasteiger partial charge in [-0.25, -0.2) is 4.79 Å². The number of anilines is 1. The van der Waals surface area contributed by atoms with Crippen LogP contribution in [0.3, 0.4) is 0 Å². The van der Waals surface area contributed by atoms with Crippen molar-refractivity contribution in [3.63, 3.8) is 0 Å². The summed E-state index contributed by atoms with van der Waals surface area (Å²) >= 11 is 0. The molecule has 2 aromatic rings. The summed E-state index contributed by atoms with van der Waals surface area (Å²) in [5.74, 6) is 0. The number of fused-ring (bicyclic) bond motifs is 1. The fourth-order valence-corrected chi connectivity index (χ4v) is 2.41. The van der Waals surface area contributed by atoms with E-state index >= 15 is 0 Å². The lowest BCUT2D eigenvalue weighted by atomic mass is 10.2. The Morgan fingerprint density at radius 2 is 1.90 bits per heavy atom. The second-order valence-electron chi connectivity index (χ2n) is 5.10. The minimum absolute atomic E-state index is 0.0451. The molecule has 1 saturated heterocycles. The molecule has 1 aliphatic heterocycles. The molecule has 0 aliphatic carbocycles. The Hall–Kier alpha value is -2.14. The molecular formula is C15H18N4O. The molecule has 1 aromatic heterocycles. The van der Waals surface area contributed by atoms with Gasteiger partial charge in [0, 0.05) is 37.8 Å². The maximum atomic E-state index is 12.3. The Balaban J connectivity index is 1.77. The van der Waals surface area contributed by atoms with Gasteiger partial charge in [-0.1, -0.05) is 18.2 Å². The van der Waals surface area contributed by atoms with Crippen LogP contribution >= 0.6 is 0 Å². The Labute approximate surface area is 118 Å². The zero-order valence-electron chi connectivity index (χ0n) is 11.5. The van der Waals surface area contributed by atoms with Crippen molar-refractivity contribution in [2.75, 3.05) is 38.5 Å². The lowest BCUT2D eigenvalue weighted by Gasteiger charge is -2.32. The summed E-state index contributed by atoms with van der Waals surface area (Å²) in [6.45, 7) is 3.36. The molecule has 2 amide bonds. The first-order chi connectivity index (χ1) is 9.74. The summed E-state index contributed by atoms with van der Waals surface area (Å²) in [5, 5.41) is 4.01. The molecule has 1 fully saturated rings. The third kappa shape index (κ3) is 2.58. The van der Waals surface area contributed by atoms with Crippen LogP contribution in [-0.4, -0.2) is 54.0 Å². The fourth-order valence-electron chi connectivity index (χ4n) is 2.41. The van der Waals surface area contributed by atoms with E-state index in [1.807, 2.05) is 35.2 Å². The lowest BCUT2D eigenvalue weighted by molar-refractivity contribution is 0.164. The first-order valence-electron chi connectivity index (χ1n) is 6.82. The SMILES string of the molecule is CN1CCN(C(=O)Nc2cccc3cccnc23)CC1. The number of carbonyl (C=O) groups is 1. The van der Waals surface area contributed by atoms with Crippen LogP contribution in [0.4, 0.5) is 10.5 Å². The van der Waals surface area contributed by atoms with E-state index in [0.29, 0.717) is 0 Å². The molecule has 1 N–H and O–H groups in total. The Morgan fingerprint density at radius 3 is 2.70 bits per heavy atom. The van der Waals surface area contributed by atoms with E-state index in [2.05, 4.69) is 22.2 Å². The van der Waals surface area contributed by atoms with Crippen LogP contribution in [0.15, 0.2) is 36.5 Å². The van der Waals surface area contributed by atoms with Gasteiger partial charge < -0.3 is 15.1 Å². The number of nitrogens with zero attached hydrogens (tertiary/aromatic N) is 3. The number of likely N-dealkylation sites (N-methyl/N-ethyl adjacent to an activating group) is 1. The highest BCUT2D eigenvalue weighted by Gasteiger charge is 2.19. The van der Waals surface area contributed by atoms with Crippen molar-refractivity contribution in [3.8, 4) is 0 Å².